The largest absolute Gasteiger partial charge is 0.300 e. The first-order chi connectivity index (χ1) is 8.58. The van der Waals surface area contributed by atoms with E-state index >= 15 is 0 Å². The Morgan fingerprint density at radius 1 is 1.56 bits per heavy atom. The molecule has 92 valence electrons. The molecule has 0 bridgehead atoms. The van der Waals surface area contributed by atoms with Gasteiger partial charge in [0.05, 0.1) is 4.92 Å². The number of halogens is 1. The Bertz CT molecular complexity index is 603. The number of nitrogens with one attached hydrogen (secondary N) is 1. The van der Waals surface area contributed by atoms with Gasteiger partial charge in [-0.2, -0.15) is 0 Å². The second-order valence-corrected chi connectivity index (χ2v) is 4.20. The number of nitrogens with zero attached hydrogens (tertiary/aromatic N) is 4. The first-order valence-electron chi connectivity index (χ1n) is 4.45. The zero-order valence-electron chi connectivity index (χ0n) is 8.53. The molecule has 1 N–H and O–H groups in total. The summed E-state index contributed by atoms with van der Waals surface area (Å²) in [4.78, 5) is 25.4. The van der Waals surface area contributed by atoms with Gasteiger partial charge in [-0.1, -0.05) is 22.9 Å². The SMILES string of the molecule is O=C(Nc1nncs1)c1cc(Cl)ncc1[N+](=O)[O-]. The number of carbonyl (C=O) groups excluding carboxylic acids is 1. The van der Waals surface area contributed by atoms with Crippen LogP contribution < -0.4 is 5.32 Å². The van der Waals surface area contributed by atoms with Gasteiger partial charge in [0.1, 0.15) is 22.4 Å². The van der Waals surface area contributed by atoms with Crippen LogP contribution in [0.1, 0.15) is 10.4 Å². The van der Waals surface area contributed by atoms with E-state index in [1.54, 1.807) is 0 Å². The Hall–Kier alpha value is -2.13. The first kappa shape index (κ1) is 12.3. The van der Waals surface area contributed by atoms with Crippen LogP contribution in [0.25, 0.3) is 0 Å². The summed E-state index contributed by atoms with van der Waals surface area (Å²) >= 11 is 6.70. The summed E-state index contributed by atoms with van der Waals surface area (Å²) < 4.78 is 0. The molecule has 10 heteroatoms. The Labute approximate surface area is 109 Å². The van der Waals surface area contributed by atoms with Crippen LogP contribution in [-0.2, 0) is 0 Å². The lowest BCUT2D eigenvalue weighted by molar-refractivity contribution is -0.385. The standard InChI is InChI=1S/C8H4ClN5O3S/c9-6-1-4(5(2-10-6)14(16)17)7(15)12-8-13-11-3-18-8/h1-3H,(H,12,13,15). The predicted octanol–water partition coefficient (Wildman–Crippen LogP) is 1.75. The summed E-state index contributed by atoms with van der Waals surface area (Å²) in [6.45, 7) is 0. The third-order valence-corrected chi connectivity index (χ3v) is 2.68. The van der Waals surface area contributed by atoms with Gasteiger partial charge in [0, 0.05) is 0 Å². The summed E-state index contributed by atoms with van der Waals surface area (Å²) in [5.41, 5.74) is 0.806. The Morgan fingerprint density at radius 2 is 2.33 bits per heavy atom. The van der Waals surface area contributed by atoms with E-state index in [9.17, 15) is 14.9 Å². The van der Waals surface area contributed by atoms with Crippen molar-refractivity contribution < 1.29 is 9.72 Å². The highest BCUT2D eigenvalue weighted by Gasteiger charge is 2.22. The number of aromatic nitrogens is 3. The van der Waals surface area contributed by atoms with Crippen LogP contribution in [0.15, 0.2) is 17.8 Å². The molecule has 0 atom stereocenters. The number of rotatable bonds is 3. The van der Waals surface area contributed by atoms with Crippen molar-refractivity contribution in [2.45, 2.75) is 0 Å². The Balaban J connectivity index is 2.34. The van der Waals surface area contributed by atoms with Crippen molar-refractivity contribution in [2.75, 3.05) is 5.32 Å². The first-order valence-corrected chi connectivity index (χ1v) is 5.71. The highest BCUT2D eigenvalue weighted by atomic mass is 35.5. The zero-order valence-corrected chi connectivity index (χ0v) is 10.1. The smallest absolute Gasteiger partial charge is 0.296 e. The van der Waals surface area contributed by atoms with E-state index in [1.807, 2.05) is 0 Å². The van der Waals surface area contributed by atoms with Crippen molar-refractivity contribution in [3.63, 3.8) is 0 Å². The monoisotopic (exact) mass is 285 g/mol. The van der Waals surface area contributed by atoms with Gasteiger partial charge in [0.25, 0.3) is 11.6 Å². The fraction of sp³-hybridized carbons (Fsp3) is 0. The Morgan fingerprint density at radius 3 is 2.94 bits per heavy atom. The minimum absolute atomic E-state index is 0.0111. The molecule has 0 saturated carbocycles. The van der Waals surface area contributed by atoms with Crippen LogP contribution >= 0.6 is 22.9 Å². The van der Waals surface area contributed by atoms with Crippen molar-refractivity contribution in [1.82, 2.24) is 15.2 Å². The van der Waals surface area contributed by atoms with E-state index in [0.717, 1.165) is 23.6 Å². The summed E-state index contributed by atoms with van der Waals surface area (Å²) in [5, 5.41) is 20.5. The van der Waals surface area contributed by atoms with Gasteiger partial charge >= 0.3 is 0 Å². The number of amides is 1. The molecule has 2 aromatic rings. The molecule has 2 aromatic heterocycles. The number of pyridine rings is 1. The second-order valence-electron chi connectivity index (χ2n) is 2.98. The number of carbonyl (C=O) groups is 1. The minimum Gasteiger partial charge on any atom is -0.296 e. The molecule has 18 heavy (non-hydrogen) atoms. The quantitative estimate of drug-likeness (QED) is 0.522. The minimum atomic E-state index is -0.710. The molecule has 1 amide bonds. The molecule has 0 aliphatic heterocycles. The van der Waals surface area contributed by atoms with E-state index in [2.05, 4.69) is 20.5 Å². The van der Waals surface area contributed by atoms with Gasteiger partial charge in [-0.25, -0.2) is 4.98 Å². The van der Waals surface area contributed by atoms with E-state index in [4.69, 9.17) is 11.6 Å². The molecule has 2 rings (SSSR count). The topological polar surface area (TPSA) is 111 Å². The average Bonchev–Trinajstić information content (AvgIpc) is 2.81. The summed E-state index contributed by atoms with van der Waals surface area (Å²) in [6, 6.07) is 1.12. The van der Waals surface area contributed by atoms with Crippen LogP contribution in [0.5, 0.6) is 0 Å². The fourth-order valence-corrected chi connectivity index (χ4v) is 1.74. The normalized spacial score (nSPS) is 10.1. The lowest BCUT2D eigenvalue weighted by atomic mass is 10.2. The maximum absolute atomic E-state index is 11.8. The van der Waals surface area contributed by atoms with Crippen molar-refractivity contribution in [1.29, 1.82) is 0 Å². The molecule has 0 aliphatic rings. The zero-order chi connectivity index (χ0) is 13.1. The van der Waals surface area contributed by atoms with Gasteiger partial charge in [0.15, 0.2) is 0 Å². The second kappa shape index (κ2) is 5.02. The number of nitro groups is 1. The summed E-state index contributed by atoms with van der Waals surface area (Å²) in [5.74, 6) is -0.692. The number of hydrogen-bond donors (Lipinski definition) is 1. The highest BCUT2D eigenvalue weighted by molar-refractivity contribution is 7.13. The van der Waals surface area contributed by atoms with Crippen LogP contribution in [0.3, 0.4) is 0 Å². The van der Waals surface area contributed by atoms with Crippen molar-refractivity contribution in [2.24, 2.45) is 0 Å². The third kappa shape index (κ3) is 2.57. The van der Waals surface area contributed by atoms with Crippen molar-refractivity contribution >= 4 is 39.7 Å². The van der Waals surface area contributed by atoms with Crippen molar-refractivity contribution in [3.8, 4) is 0 Å². The molecule has 0 aromatic carbocycles. The molecule has 0 spiro atoms. The predicted molar refractivity (Wildman–Crippen MR) is 63.8 cm³/mol. The molecule has 8 nitrogen and oxygen atoms in total. The molecule has 0 saturated heterocycles. The Kier molecular flexibility index (Phi) is 3.44. The fourth-order valence-electron chi connectivity index (χ4n) is 1.14. The summed E-state index contributed by atoms with van der Waals surface area (Å²) in [7, 11) is 0. The van der Waals surface area contributed by atoms with Gasteiger partial charge in [-0.3, -0.25) is 20.2 Å². The molecule has 0 fully saturated rings. The van der Waals surface area contributed by atoms with Gasteiger partial charge in [-0.05, 0) is 6.07 Å². The van der Waals surface area contributed by atoms with Crippen LogP contribution in [0.2, 0.25) is 5.15 Å². The van der Waals surface area contributed by atoms with E-state index in [0.29, 0.717) is 0 Å². The number of anilines is 1. The van der Waals surface area contributed by atoms with Crippen LogP contribution in [0.4, 0.5) is 10.8 Å². The molecule has 2 heterocycles. The van der Waals surface area contributed by atoms with Gasteiger partial charge < -0.3 is 0 Å². The van der Waals surface area contributed by atoms with Crippen LogP contribution in [0, 0.1) is 10.1 Å². The lowest BCUT2D eigenvalue weighted by Crippen LogP contribution is -2.14. The number of hydrogen-bond acceptors (Lipinski definition) is 7. The maximum Gasteiger partial charge on any atom is 0.300 e. The lowest BCUT2D eigenvalue weighted by Gasteiger charge is -2.02. The molecule has 0 unspecified atom stereocenters. The van der Waals surface area contributed by atoms with Gasteiger partial charge in [0.2, 0.25) is 5.13 Å². The van der Waals surface area contributed by atoms with E-state index < -0.39 is 16.5 Å². The highest BCUT2D eigenvalue weighted by Crippen LogP contribution is 2.21. The third-order valence-electron chi connectivity index (χ3n) is 1.87. The molecular weight excluding hydrogens is 282 g/mol. The van der Waals surface area contributed by atoms with Crippen LogP contribution in [-0.4, -0.2) is 26.0 Å². The average molecular weight is 286 g/mol. The van der Waals surface area contributed by atoms with E-state index in [1.165, 1.54) is 5.51 Å². The molecular formula is C8H4ClN5O3S. The maximum atomic E-state index is 11.8. The summed E-state index contributed by atoms with van der Waals surface area (Å²) in [6.07, 6.45) is 0.928. The van der Waals surface area contributed by atoms with Crippen molar-refractivity contribution in [3.05, 3.63) is 38.6 Å². The van der Waals surface area contributed by atoms with E-state index in [-0.39, 0.29) is 15.8 Å². The molecule has 0 aliphatic carbocycles. The molecule has 0 radical (unpaired) electrons. The van der Waals surface area contributed by atoms with Gasteiger partial charge in [-0.15, -0.1) is 10.2 Å².